The van der Waals surface area contributed by atoms with Crippen molar-refractivity contribution in [1.82, 2.24) is 9.80 Å². The van der Waals surface area contributed by atoms with Crippen molar-refractivity contribution in [2.75, 3.05) is 44.7 Å². The zero-order valence-corrected chi connectivity index (χ0v) is 16.2. The Hall–Kier alpha value is -1.16. The Kier molecular flexibility index (Phi) is 5.67. The lowest BCUT2D eigenvalue weighted by molar-refractivity contribution is -0.143. The van der Waals surface area contributed by atoms with Crippen LogP contribution in [0.25, 0.3) is 0 Å². The standard InChI is InChI=1S/C15H20ClN3O4S2/c1-25(21,22)9-8-18-4-6-19(7-5-18)15(20)12-10-11(17-23-12)13-2-3-14(16)24-13/h2-3,12H,4-10H2,1H3. The van der Waals surface area contributed by atoms with Crippen LogP contribution in [-0.2, 0) is 19.5 Å². The molecule has 0 saturated carbocycles. The second-order valence-electron chi connectivity index (χ2n) is 6.24. The Morgan fingerprint density at radius 3 is 2.68 bits per heavy atom. The van der Waals surface area contributed by atoms with Crippen molar-refractivity contribution < 1.29 is 18.0 Å². The number of rotatable bonds is 5. The second-order valence-corrected chi connectivity index (χ2v) is 10.2. The Morgan fingerprint density at radius 1 is 1.36 bits per heavy atom. The molecule has 3 rings (SSSR count). The van der Waals surface area contributed by atoms with E-state index in [1.807, 2.05) is 6.07 Å². The number of hydrogen-bond donors (Lipinski definition) is 0. The zero-order valence-electron chi connectivity index (χ0n) is 13.9. The lowest BCUT2D eigenvalue weighted by Crippen LogP contribution is -2.52. The van der Waals surface area contributed by atoms with E-state index in [4.69, 9.17) is 16.4 Å². The van der Waals surface area contributed by atoms with Crippen LogP contribution in [0, 0.1) is 0 Å². The van der Waals surface area contributed by atoms with Crippen molar-refractivity contribution in [3.05, 3.63) is 21.3 Å². The highest BCUT2D eigenvalue weighted by atomic mass is 35.5. The maximum Gasteiger partial charge on any atom is 0.266 e. The van der Waals surface area contributed by atoms with Gasteiger partial charge in [-0.05, 0) is 12.1 Å². The van der Waals surface area contributed by atoms with Gasteiger partial charge in [0.2, 0.25) is 6.10 Å². The summed E-state index contributed by atoms with van der Waals surface area (Å²) in [6.07, 6.45) is 1.10. The highest BCUT2D eigenvalue weighted by molar-refractivity contribution is 7.90. The van der Waals surface area contributed by atoms with Gasteiger partial charge in [0.15, 0.2) is 0 Å². The van der Waals surface area contributed by atoms with Gasteiger partial charge in [-0.1, -0.05) is 16.8 Å². The Labute approximate surface area is 156 Å². The lowest BCUT2D eigenvalue weighted by Gasteiger charge is -2.35. The predicted molar refractivity (Wildman–Crippen MR) is 98.1 cm³/mol. The molecule has 2 aliphatic rings. The van der Waals surface area contributed by atoms with Gasteiger partial charge in [0, 0.05) is 45.4 Å². The van der Waals surface area contributed by atoms with Crippen molar-refractivity contribution in [2.24, 2.45) is 5.16 Å². The van der Waals surface area contributed by atoms with Crippen LogP contribution in [0.2, 0.25) is 4.34 Å². The Balaban J connectivity index is 1.47. The summed E-state index contributed by atoms with van der Waals surface area (Å²) in [5.74, 6) is 0.0805. The molecule has 1 aromatic heterocycles. The SMILES string of the molecule is CS(=O)(=O)CCN1CCN(C(=O)C2CC(c3ccc(Cl)s3)=NO2)CC1. The quantitative estimate of drug-likeness (QED) is 0.732. The minimum absolute atomic E-state index is 0.0656. The maximum atomic E-state index is 12.6. The van der Waals surface area contributed by atoms with E-state index >= 15 is 0 Å². The van der Waals surface area contributed by atoms with Crippen molar-refractivity contribution in [3.63, 3.8) is 0 Å². The molecule has 0 radical (unpaired) electrons. The Morgan fingerprint density at radius 2 is 2.08 bits per heavy atom. The number of piperazine rings is 1. The van der Waals surface area contributed by atoms with Crippen LogP contribution in [-0.4, -0.2) is 80.7 Å². The second kappa shape index (κ2) is 7.61. The van der Waals surface area contributed by atoms with E-state index in [1.54, 1.807) is 11.0 Å². The van der Waals surface area contributed by atoms with E-state index in [0.717, 1.165) is 10.6 Å². The third-order valence-electron chi connectivity index (χ3n) is 4.26. The zero-order chi connectivity index (χ0) is 18.0. The first kappa shape index (κ1) is 18.6. The summed E-state index contributed by atoms with van der Waals surface area (Å²) < 4.78 is 23.2. The summed E-state index contributed by atoms with van der Waals surface area (Å²) in [5, 5.41) is 4.03. The van der Waals surface area contributed by atoms with Crippen LogP contribution in [0.4, 0.5) is 0 Å². The Bertz CT molecular complexity index is 769. The molecular formula is C15H20ClN3O4S2. The molecule has 0 aromatic carbocycles. The molecule has 1 unspecified atom stereocenters. The minimum Gasteiger partial charge on any atom is -0.382 e. The van der Waals surface area contributed by atoms with Crippen LogP contribution in [0.5, 0.6) is 0 Å². The fourth-order valence-corrected chi connectivity index (χ4v) is 4.44. The van der Waals surface area contributed by atoms with Gasteiger partial charge in [-0.2, -0.15) is 0 Å². The molecule has 0 aliphatic carbocycles. The molecule has 1 saturated heterocycles. The average Bonchev–Trinajstić information content (AvgIpc) is 3.21. The fourth-order valence-electron chi connectivity index (χ4n) is 2.82. The predicted octanol–water partition coefficient (Wildman–Crippen LogP) is 1.08. The minimum atomic E-state index is -2.96. The van der Waals surface area contributed by atoms with Gasteiger partial charge in [0.05, 0.1) is 15.0 Å². The number of nitrogens with zero attached hydrogens (tertiary/aromatic N) is 3. The normalized spacial score (nSPS) is 21.9. The molecule has 0 bridgehead atoms. The summed E-state index contributed by atoms with van der Waals surface area (Å²) in [6, 6.07) is 3.68. The maximum absolute atomic E-state index is 12.6. The van der Waals surface area contributed by atoms with Crippen LogP contribution >= 0.6 is 22.9 Å². The average molecular weight is 406 g/mol. The summed E-state index contributed by atoms with van der Waals surface area (Å²) in [6.45, 7) is 2.99. The molecule has 2 aliphatic heterocycles. The first-order chi connectivity index (χ1) is 11.8. The highest BCUT2D eigenvalue weighted by Crippen LogP contribution is 2.27. The number of amides is 1. The largest absolute Gasteiger partial charge is 0.382 e. The van der Waals surface area contributed by atoms with Crippen molar-refractivity contribution in [3.8, 4) is 0 Å². The number of oxime groups is 1. The summed E-state index contributed by atoms with van der Waals surface area (Å²) in [5.41, 5.74) is 0.752. The van der Waals surface area contributed by atoms with Crippen molar-refractivity contribution in [2.45, 2.75) is 12.5 Å². The number of thiophene rings is 1. The van der Waals surface area contributed by atoms with Gasteiger partial charge in [-0.15, -0.1) is 11.3 Å². The first-order valence-electron chi connectivity index (χ1n) is 7.99. The number of halogens is 1. The number of sulfone groups is 1. The molecule has 1 aromatic rings. The summed E-state index contributed by atoms with van der Waals surface area (Å²) in [4.78, 5) is 22.7. The summed E-state index contributed by atoms with van der Waals surface area (Å²) >= 11 is 7.35. The first-order valence-corrected chi connectivity index (χ1v) is 11.2. The van der Waals surface area contributed by atoms with E-state index in [9.17, 15) is 13.2 Å². The third-order valence-corrected chi connectivity index (χ3v) is 6.47. The molecule has 25 heavy (non-hydrogen) atoms. The van der Waals surface area contributed by atoms with Crippen LogP contribution in [0.15, 0.2) is 17.3 Å². The van der Waals surface area contributed by atoms with E-state index in [1.165, 1.54) is 17.6 Å². The van der Waals surface area contributed by atoms with Gasteiger partial charge >= 0.3 is 0 Å². The van der Waals surface area contributed by atoms with E-state index in [2.05, 4.69) is 10.1 Å². The molecule has 3 heterocycles. The number of hydrogen-bond acceptors (Lipinski definition) is 7. The number of carbonyl (C=O) groups is 1. The van der Waals surface area contributed by atoms with Crippen molar-refractivity contribution in [1.29, 1.82) is 0 Å². The van der Waals surface area contributed by atoms with E-state index in [0.29, 0.717) is 43.5 Å². The van der Waals surface area contributed by atoms with Crippen molar-refractivity contribution >= 4 is 44.4 Å². The number of carbonyl (C=O) groups excluding carboxylic acids is 1. The molecule has 7 nitrogen and oxygen atoms in total. The van der Waals surface area contributed by atoms with Crippen LogP contribution < -0.4 is 0 Å². The van der Waals surface area contributed by atoms with Gasteiger partial charge in [0.25, 0.3) is 5.91 Å². The monoisotopic (exact) mass is 405 g/mol. The highest BCUT2D eigenvalue weighted by Gasteiger charge is 2.34. The van der Waals surface area contributed by atoms with E-state index in [-0.39, 0.29) is 11.7 Å². The molecule has 0 N–H and O–H groups in total. The van der Waals surface area contributed by atoms with E-state index < -0.39 is 15.9 Å². The molecular weight excluding hydrogens is 386 g/mol. The van der Waals surface area contributed by atoms with Crippen LogP contribution in [0.1, 0.15) is 11.3 Å². The molecule has 1 amide bonds. The topological polar surface area (TPSA) is 79.3 Å². The fraction of sp³-hybridized carbons (Fsp3) is 0.600. The third kappa shape index (κ3) is 4.93. The molecule has 0 spiro atoms. The summed E-state index contributed by atoms with van der Waals surface area (Å²) in [7, 11) is -2.96. The smallest absolute Gasteiger partial charge is 0.266 e. The van der Waals surface area contributed by atoms with Crippen LogP contribution in [0.3, 0.4) is 0 Å². The molecule has 10 heteroatoms. The van der Waals surface area contributed by atoms with Gasteiger partial charge < -0.3 is 9.74 Å². The van der Waals surface area contributed by atoms with Gasteiger partial charge in [0.1, 0.15) is 15.5 Å². The van der Waals surface area contributed by atoms with Gasteiger partial charge in [-0.25, -0.2) is 8.42 Å². The molecule has 1 fully saturated rings. The molecule has 138 valence electrons. The van der Waals surface area contributed by atoms with Gasteiger partial charge in [-0.3, -0.25) is 9.69 Å². The lowest BCUT2D eigenvalue weighted by atomic mass is 10.1. The molecule has 1 atom stereocenters.